The molecule has 2 heterocycles. The van der Waals surface area contributed by atoms with Crippen LogP contribution in [0.4, 0.5) is 10.6 Å². The fourth-order valence-electron chi connectivity index (χ4n) is 4.66. The quantitative estimate of drug-likeness (QED) is 0.772. The normalized spacial score (nSPS) is 27.2. The summed E-state index contributed by atoms with van der Waals surface area (Å²) in [5, 5.41) is 9.31. The average molecular weight is 390 g/mol. The number of nitrogens with zero attached hydrogens (tertiary/aromatic N) is 2. The van der Waals surface area contributed by atoms with Gasteiger partial charge in [0.25, 0.3) is 5.91 Å². The van der Waals surface area contributed by atoms with Crippen molar-refractivity contribution < 1.29 is 18.9 Å². The van der Waals surface area contributed by atoms with Gasteiger partial charge < -0.3 is 15.2 Å². The van der Waals surface area contributed by atoms with Gasteiger partial charge in [0.1, 0.15) is 17.8 Å². The number of hydrogen-bond donors (Lipinski definition) is 2. The molecule has 28 heavy (non-hydrogen) atoms. The van der Waals surface area contributed by atoms with Crippen LogP contribution in [0.1, 0.15) is 66.6 Å². The van der Waals surface area contributed by atoms with Gasteiger partial charge in [-0.1, -0.05) is 46.7 Å². The molecule has 154 valence electrons. The third-order valence-electron chi connectivity index (χ3n) is 5.44. The lowest BCUT2D eigenvalue weighted by molar-refractivity contribution is -0.136. The summed E-state index contributed by atoms with van der Waals surface area (Å²) in [5.41, 5.74) is -1.20. The van der Waals surface area contributed by atoms with Crippen LogP contribution in [-0.4, -0.2) is 40.0 Å². The van der Waals surface area contributed by atoms with E-state index in [-0.39, 0.29) is 29.1 Å². The molecular weight excluding hydrogens is 360 g/mol. The highest BCUT2D eigenvalue weighted by Gasteiger charge is 2.56. The molecule has 1 saturated carbocycles. The number of urea groups is 1. The number of imide groups is 1. The molecule has 1 spiro atoms. The summed E-state index contributed by atoms with van der Waals surface area (Å²) in [6, 6.07) is 1.14. The third-order valence-corrected chi connectivity index (χ3v) is 5.44. The minimum atomic E-state index is -0.911. The topological polar surface area (TPSA) is 105 Å². The second-order valence-corrected chi connectivity index (χ2v) is 10.1. The molecule has 2 N–H and O–H groups in total. The van der Waals surface area contributed by atoms with E-state index in [1.54, 1.807) is 6.07 Å². The molecule has 0 aromatic carbocycles. The highest BCUT2D eigenvalue weighted by atomic mass is 16.5. The third kappa shape index (κ3) is 3.91. The van der Waals surface area contributed by atoms with Gasteiger partial charge in [0, 0.05) is 11.5 Å². The van der Waals surface area contributed by atoms with Crippen molar-refractivity contribution in [1.82, 2.24) is 15.4 Å². The number of aromatic nitrogens is 1. The summed E-state index contributed by atoms with van der Waals surface area (Å²) in [4.78, 5) is 39.0. The van der Waals surface area contributed by atoms with E-state index in [2.05, 4.69) is 36.6 Å². The maximum absolute atomic E-state index is 13.1. The van der Waals surface area contributed by atoms with Crippen LogP contribution < -0.4 is 10.6 Å². The van der Waals surface area contributed by atoms with Crippen molar-refractivity contribution in [3.05, 3.63) is 11.8 Å². The fourth-order valence-corrected chi connectivity index (χ4v) is 4.66. The van der Waals surface area contributed by atoms with Gasteiger partial charge in [-0.2, -0.15) is 0 Å². The number of rotatable bonds is 3. The summed E-state index contributed by atoms with van der Waals surface area (Å²) < 4.78 is 5.24. The molecule has 1 aromatic rings. The molecule has 4 amide bonds. The highest BCUT2D eigenvalue weighted by molar-refractivity contribution is 6.10. The van der Waals surface area contributed by atoms with Gasteiger partial charge in [-0.05, 0) is 30.6 Å². The first-order chi connectivity index (χ1) is 12.8. The summed E-state index contributed by atoms with van der Waals surface area (Å²) in [7, 11) is 0. The first kappa shape index (κ1) is 20.4. The van der Waals surface area contributed by atoms with Crippen LogP contribution >= 0.6 is 0 Å². The number of carbonyl (C=O) groups excluding carboxylic acids is 3. The molecule has 2 aliphatic rings. The second kappa shape index (κ2) is 6.60. The van der Waals surface area contributed by atoms with Crippen LogP contribution in [0.15, 0.2) is 10.6 Å². The SMILES string of the molecule is CC1CC(C)(C)CC2(C1)NC(=O)N(CC(=O)Nc1cc(C(C)(C)C)on1)C2=O. The van der Waals surface area contributed by atoms with Crippen molar-refractivity contribution in [2.24, 2.45) is 11.3 Å². The van der Waals surface area contributed by atoms with E-state index < -0.39 is 17.5 Å². The van der Waals surface area contributed by atoms with Crippen LogP contribution in [0.25, 0.3) is 0 Å². The van der Waals surface area contributed by atoms with Crippen LogP contribution in [0.3, 0.4) is 0 Å². The lowest BCUT2D eigenvalue weighted by Gasteiger charge is -2.43. The van der Waals surface area contributed by atoms with Crippen molar-refractivity contribution in [3.63, 3.8) is 0 Å². The molecule has 0 radical (unpaired) electrons. The summed E-state index contributed by atoms with van der Waals surface area (Å²) in [6.07, 6.45) is 2.17. The summed E-state index contributed by atoms with van der Waals surface area (Å²) >= 11 is 0. The molecule has 2 fully saturated rings. The Morgan fingerprint density at radius 1 is 1.36 bits per heavy atom. The first-order valence-electron chi connectivity index (χ1n) is 9.73. The predicted molar refractivity (Wildman–Crippen MR) is 104 cm³/mol. The molecule has 1 aliphatic carbocycles. The van der Waals surface area contributed by atoms with E-state index in [1.807, 2.05) is 20.8 Å². The van der Waals surface area contributed by atoms with E-state index in [0.717, 1.165) is 11.3 Å². The van der Waals surface area contributed by atoms with Crippen LogP contribution in [-0.2, 0) is 15.0 Å². The van der Waals surface area contributed by atoms with Crippen LogP contribution in [0.2, 0.25) is 0 Å². The summed E-state index contributed by atoms with van der Waals surface area (Å²) in [5.74, 6) is 0.409. The van der Waals surface area contributed by atoms with Gasteiger partial charge in [-0.25, -0.2) is 4.79 Å². The van der Waals surface area contributed by atoms with Gasteiger partial charge in [0.15, 0.2) is 5.82 Å². The lowest BCUT2D eigenvalue weighted by Crippen LogP contribution is -2.54. The molecule has 1 aliphatic heterocycles. The molecule has 0 bridgehead atoms. The standard InChI is InChI=1S/C20H30N4O4/c1-12-8-19(5,6)11-20(9-12)16(26)24(17(27)22-20)10-15(25)21-14-7-13(28-23-14)18(2,3)4/h7,12H,8-11H2,1-6H3,(H,22,27)(H,21,23,25). The van der Waals surface area contributed by atoms with E-state index in [4.69, 9.17) is 4.52 Å². The minimum absolute atomic E-state index is 0.0526. The average Bonchev–Trinajstić information content (AvgIpc) is 3.04. The van der Waals surface area contributed by atoms with E-state index >= 15 is 0 Å². The molecule has 8 nitrogen and oxygen atoms in total. The maximum atomic E-state index is 13.1. The van der Waals surface area contributed by atoms with Crippen molar-refractivity contribution in [3.8, 4) is 0 Å². The van der Waals surface area contributed by atoms with E-state index in [9.17, 15) is 14.4 Å². The minimum Gasteiger partial charge on any atom is -0.359 e. The Bertz CT molecular complexity index is 807. The lowest BCUT2D eigenvalue weighted by atomic mass is 9.64. The number of anilines is 1. The van der Waals surface area contributed by atoms with E-state index in [1.165, 1.54) is 0 Å². The van der Waals surface area contributed by atoms with Crippen molar-refractivity contribution in [1.29, 1.82) is 0 Å². The summed E-state index contributed by atoms with van der Waals surface area (Å²) in [6.45, 7) is 11.9. The molecular formula is C20H30N4O4. The van der Waals surface area contributed by atoms with Crippen LogP contribution in [0, 0.1) is 11.3 Å². The Hall–Kier alpha value is -2.38. The fraction of sp³-hybridized carbons (Fsp3) is 0.700. The predicted octanol–water partition coefficient (Wildman–Crippen LogP) is 3.05. The number of hydrogen-bond acceptors (Lipinski definition) is 5. The number of amides is 4. The van der Waals surface area contributed by atoms with Gasteiger partial charge in [-0.15, -0.1) is 0 Å². The second-order valence-electron chi connectivity index (χ2n) is 10.1. The largest absolute Gasteiger partial charge is 0.359 e. The smallest absolute Gasteiger partial charge is 0.325 e. The highest BCUT2D eigenvalue weighted by Crippen LogP contribution is 2.46. The zero-order chi connectivity index (χ0) is 20.9. The Morgan fingerprint density at radius 3 is 2.61 bits per heavy atom. The molecule has 1 aromatic heterocycles. The molecule has 1 saturated heterocycles. The Kier molecular flexibility index (Phi) is 4.80. The number of carbonyl (C=O) groups is 3. The van der Waals surface area contributed by atoms with E-state index in [0.29, 0.717) is 24.5 Å². The molecule has 3 rings (SSSR count). The Balaban J connectivity index is 1.69. The first-order valence-corrected chi connectivity index (χ1v) is 9.73. The van der Waals surface area contributed by atoms with Crippen molar-refractivity contribution >= 4 is 23.7 Å². The van der Waals surface area contributed by atoms with Gasteiger partial charge in [-0.3, -0.25) is 14.5 Å². The molecule has 2 atom stereocenters. The Labute approximate surface area is 165 Å². The molecule has 2 unspecified atom stereocenters. The zero-order valence-corrected chi connectivity index (χ0v) is 17.5. The van der Waals surface area contributed by atoms with Gasteiger partial charge >= 0.3 is 6.03 Å². The monoisotopic (exact) mass is 390 g/mol. The zero-order valence-electron chi connectivity index (χ0n) is 17.5. The Morgan fingerprint density at radius 2 is 2.04 bits per heavy atom. The molecule has 8 heteroatoms. The van der Waals surface area contributed by atoms with Crippen molar-refractivity contribution in [2.45, 2.75) is 71.8 Å². The van der Waals surface area contributed by atoms with Crippen LogP contribution in [0.5, 0.6) is 0 Å². The van der Waals surface area contributed by atoms with Crippen molar-refractivity contribution in [2.75, 3.05) is 11.9 Å². The van der Waals surface area contributed by atoms with Gasteiger partial charge in [0.2, 0.25) is 5.91 Å². The maximum Gasteiger partial charge on any atom is 0.325 e. The number of nitrogens with one attached hydrogen (secondary N) is 2. The van der Waals surface area contributed by atoms with Gasteiger partial charge in [0.05, 0.1) is 0 Å².